The summed E-state index contributed by atoms with van der Waals surface area (Å²) in [6.45, 7) is 3.51. The van der Waals surface area contributed by atoms with Crippen LogP contribution in [0.25, 0.3) is 11.8 Å². The van der Waals surface area contributed by atoms with E-state index in [0.717, 1.165) is 52.5 Å². The molecule has 1 aromatic heterocycles. The maximum absolute atomic E-state index is 13.8. The van der Waals surface area contributed by atoms with Crippen LogP contribution in [-0.4, -0.2) is 64.4 Å². The Hall–Kier alpha value is -3.69. The van der Waals surface area contributed by atoms with Crippen LogP contribution in [-0.2, 0) is 10.3 Å². The number of nitrogens with zero attached hydrogens (tertiary/aromatic N) is 4. The van der Waals surface area contributed by atoms with E-state index in [1.165, 1.54) is 12.1 Å². The molecule has 3 aliphatic rings. The quantitative estimate of drug-likeness (QED) is 0.536. The molecule has 2 fully saturated rings. The van der Waals surface area contributed by atoms with Gasteiger partial charge in [-0.15, -0.1) is 0 Å². The molecule has 2 N–H and O–H groups in total. The second kappa shape index (κ2) is 9.56. The fourth-order valence-electron chi connectivity index (χ4n) is 5.98. The van der Waals surface area contributed by atoms with Crippen molar-refractivity contribution in [3.63, 3.8) is 0 Å². The fraction of sp³-hybridized carbons (Fsp3) is 0.379. The summed E-state index contributed by atoms with van der Waals surface area (Å²) in [6, 6.07) is 12.5. The van der Waals surface area contributed by atoms with Crippen LogP contribution in [0.15, 0.2) is 65.7 Å². The third-order valence-electron chi connectivity index (χ3n) is 7.94. The fourth-order valence-corrected chi connectivity index (χ4v) is 5.98. The third kappa shape index (κ3) is 4.16. The van der Waals surface area contributed by atoms with Crippen LogP contribution in [0, 0.1) is 12.7 Å². The number of nitrogens with one attached hydrogen (secondary N) is 1. The second-order valence-electron chi connectivity index (χ2n) is 10.4. The molecule has 0 aliphatic carbocycles. The Morgan fingerprint density at radius 2 is 2.08 bits per heavy atom. The summed E-state index contributed by atoms with van der Waals surface area (Å²) in [5, 5.41) is 15.5. The molecule has 3 aliphatic heterocycles. The van der Waals surface area contributed by atoms with Crippen LogP contribution in [0.5, 0.6) is 5.75 Å². The normalized spacial score (nSPS) is 25.8. The zero-order valence-corrected chi connectivity index (χ0v) is 21.7. The molecule has 0 saturated carbocycles. The smallest absolute Gasteiger partial charge is 0.152 e. The van der Waals surface area contributed by atoms with Gasteiger partial charge in [0.2, 0.25) is 0 Å². The molecule has 0 bridgehead atoms. The van der Waals surface area contributed by atoms with E-state index in [-0.39, 0.29) is 18.0 Å². The van der Waals surface area contributed by atoms with Gasteiger partial charge in [0.05, 0.1) is 43.6 Å². The Morgan fingerprint density at radius 3 is 2.76 bits per heavy atom. The number of hydrazone groups is 1. The van der Waals surface area contributed by atoms with Gasteiger partial charge in [-0.05, 0) is 66.8 Å². The first-order chi connectivity index (χ1) is 18.4. The molecule has 2 unspecified atom stereocenters. The van der Waals surface area contributed by atoms with Gasteiger partial charge in [-0.2, -0.15) is 5.10 Å². The van der Waals surface area contributed by atoms with Crippen molar-refractivity contribution in [2.75, 3.05) is 33.4 Å². The Balaban J connectivity index is 1.43. The molecule has 1 spiro atoms. The van der Waals surface area contributed by atoms with E-state index in [1.807, 2.05) is 29.8 Å². The van der Waals surface area contributed by atoms with Crippen molar-refractivity contribution in [3.8, 4) is 11.4 Å². The highest BCUT2D eigenvalue weighted by atomic mass is 19.1. The van der Waals surface area contributed by atoms with Crippen molar-refractivity contribution < 1.29 is 19.0 Å². The minimum absolute atomic E-state index is 0.152. The number of aliphatic hydroxyl groups excluding tert-OH is 1. The molecule has 198 valence electrons. The van der Waals surface area contributed by atoms with Gasteiger partial charge < -0.3 is 29.5 Å². The number of aliphatic hydroxyl groups is 1. The van der Waals surface area contributed by atoms with Gasteiger partial charge in [0, 0.05) is 25.8 Å². The molecule has 8 nitrogen and oxygen atoms in total. The van der Waals surface area contributed by atoms with Gasteiger partial charge in [0.15, 0.2) is 5.84 Å². The largest absolute Gasteiger partial charge is 0.495 e. The van der Waals surface area contributed by atoms with Crippen LogP contribution in [0.3, 0.4) is 0 Å². The number of hydrogen-bond donors (Lipinski definition) is 2. The molecule has 2 aromatic carbocycles. The highest BCUT2D eigenvalue weighted by Crippen LogP contribution is 2.44. The van der Waals surface area contributed by atoms with Crippen LogP contribution in [0.1, 0.15) is 36.1 Å². The summed E-state index contributed by atoms with van der Waals surface area (Å²) in [6.07, 6.45) is 8.48. The summed E-state index contributed by atoms with van der Waals surface area (Å²) in [5.74, 6) is 1.19. The number of aromatic nitrogens is 2. The standard InChI is InChI=1S/C29H32FN5O3/c1-20-15-34(19-31-20)25-9-4-21(13-26(25)37-2)12-22-14-28(10-3-11-38-28)17-35-27(22)33-32-16-29(35,18-36)23-5-7-24(30)8-6-23/h4-9,12-13,15,19,32,36H,3,10-11,14,16-18H2,1-2H3/b22-12+. The number of amidine groups is 1. The lowest BCUT2D eigenvalue weighted by Crippen LogP contribution is -2.66. The van der Waals surface area contributed by atoms with Crippen LogP contribution < -0.4 is 10.2 Å². The van der Waals surface area contributed by atoms with Gasteiger partial charge in [-0.25, -0.2) is 9.37 Å². The average molecular weight is 518 g/mol. The summed E-state index contributed by atoms with van der Waals surface area (Å²) < 4.78 is 27.9. The number of fused-ring (bicyclic) bond motifs is 1. The van der Waals surface area contributed by atoms with E-state index in [4.69, 9.17) is 14.6 Å². The van der Waals surface area contributed by atoms with Crippen molar-refractivity contribution in [1.82, 2.24) is 19.9 Å². The highest BCUT2D eigenvalue weighted by molar-refractivity contribution is 6.04. The number of imidazole rings is 1. The second-order valence-corrected chi connectivity index (χ2v) is 10.4. The Morgan fingerprint density at radius 1 is 1.24 bits per heavy atom. The lowest BCUT2D eigenvalue weighted by atomic mass is 9.79. The topological polar surface area (TPSA) is 84.1 Å². The van der Waals surface area contributed by atoms with Gasteiger partial charge in [-0.1, -0.05) is 18.2 Å². The lowest BCUT2D eigenvalue weighted by molar-refractivity contribution is -0.0500. The maximum atomic E-state index is 13.8. The summed E-state index contributed by atoms with van der Waals surface area (Å²) in [4.78, 5) is 6.50. The van der Waals surface area contributed by atoms with Gasteiger partial charge in [0.25, 0.3) is 0 Å². The van der Waals surface area contributed by atoms with E-state index in [0.29, 0.717) is 26.1 Å². The first-order valence-corrected chi connectivity index (χ1v) is 12.9. The number of hydrogen-bond acceptors (Lipinski definition) is 7. The summed E-state index contributed by atoms with van der Waals surface area (Å²) in [7, 11) is 1.66. The molecule has 2 atom stereocenters. The lowest BCUT2D eigenvalue weighted by Gasteiger charge is -2.53. The number of aryl methyl sites for hydroxylation is 1. The predicted octanol–water partition coefficient (Wildman–Crippen LogP) is 3.77. The third-order valence-corrected chi connectivity index (χ3v) is 7.94. The summed E-state index contributed by atoms with van der Waals surface area (Å²) >= 11 is 0. The van der Waals surface area contributed by atoms with E-state index in [2.05, 4.69) is 27.5 Å². The first kappa shape index (κ1) is 24.6. The van der Waals surface area contributed by atoms with E-state index in [1.54, 1.807) is 25.6 Å². The van der Waals surface area contributed by atoms with E-state index >= 15 is 0 Å². The molecule has 6 rings (SSSR count). The van der Waals surface area contributed by atoms with E-state index < -0.39 is 5.54 Å². The zero-order chi connectivity index (χ0) is 26.3. The summed E-state index contributed by atoms with van der Waals surface area (Å²) in [5.41, 5.74) is 6.64. The molecular formula is C29H32FN5O3. The molecular weight excluding hydrogens is 485 g/mol. The van der Waals surface area contributed by atoms with Crippen LogP contribution in [0.2, 0.25) is 0 Å². The molecule has 38 heavy (non-hydrogen) atoms. The molecule has 0 amide bonds. The number of piperidine rings is 1. The maximum Gasteiger partial charge on any atom is 0.152 e. The average Bonchev–Trinajstić information content (AvgIpc) is 3.57. The number of methoxy groups -OCH3 is 1. The number of rotatable bonds is 5. The molecule has 2 saturated heterocycles. The van der Waals surface area contributed by atoms with Crippen LogP contribution in [0.4, 0.5) is 4.39 Å². The van der Waals surface area contributed by atoms with Crippen LogP contribution >= 0.6 is 0 Å². The van der Waals surface area contributed by atoms with Crippen molar-refractivity contribution in [2.45, 2.75) is 37.3 Å². The van der Waals surface area contributed by atoms with Crippen molar-refractivity contribution in [1.29, 1.82) is 0 Å². The number of benzene rings is 2. The first-order valence-electron chi connectivity index (χ1n) is 12.9. The highest BCUT2D eigenvalue weighted by Gasteiger charge is 2.52. The minimum Gasteiger partial charge on any atom is -0.495 e. The monoisotopic (exact) mass is 517 g/mol. The number of halogens is 1. The van der Waals surface area contributed by atoms with Crippen molar-refractivity contribution >= 4 is 11.9 Å². The van der Waals surface area contributed by atoms with Crippen molar-refractivity contribution in [3.05, 3.63) is 83.2 Å². The molecule has 4 heterocycles. The van der Waals surface area contributed by atoms with Gasteiger partial charge in [0.1, 0.15) is 17.1 Å². The van der Waals surface area contributed by atoms with Gasteiger partial charge >= 0.3 is 0 Å². The van der Waals surface area contributed by atoms with Gasteiger partial charge in [-0.3, -0.25) is 0 Å². The SMILES string of the molecule is COc1cc(/C=C2\CC3(CCCO3)CN3C2=NNCC3(CO)c2ccc(F)cc2)ccc1-n1cnc(C)c1. The van der Waals surface area contributed by atoms with E-state index in [9.17, 15) is 9.50 Å². The number of ether oxygens (including phenoxy) is 2. The Labute approximate surface area is 221 Å². The Kier molecular flexibility index (Phi) is 6.20. The Bertz CT molecular complexity index is 1390. The molecule has 0 radical (unpaired) electrons. The minimum atomic E-state index is -0.802. The zero-order valence-electron chi connectivity index (χ0n) is 21.7. The molecule has 9 heteroatoms. The molecule has 3 aromatic rings. The predicted molar refractivity (Wildman–Crippen MR) is 143 cm³/mol. The van der Waals surface area contributed by atoms with Crippen molar-refractivity contribution in [2.24, 2.45) is 5.10 Å².